The molecule has 59 heavy (non-hydrogen) atoms. The minimum absolute atomic E-state index is 0.0779. The van der Waals surface area contributed by atoms with Gasteiger partial charge in [-0.05, 0) is 57.9 Å². The van der Waals surface area contributed by atoms with Crippen molar-refractivity contribution in [2.45, 2.75) is 84.5 Å². The molecule has 0 unspecified atom stereocenters. The first-order chi connectivity index (χ1) is 27.5. The van der Waals surface area contributed by atoms with Gasteiger partial charge in [-0.25, -0.2) is 0 Å². The first-order valence-corrected chi connectivity index (χ1v) is 22.9. The van der Waals surface area contributed by atoms with Gasteiger partial charge in [-0.15, -0.1) is 0 Å². The minimum atomic E-state index is -4.35. The number of anilines is 1. The number of fused-ring (bicyclic) bond motifs is 2. The molecule has 4 rings (SSSR count). The summed E-state index contributed by atoms with van der Waals surface area (Å²) >= 11 is 0. The Morgan fingerprint density at radius 2 is 1.46 bits per heavy atom. The Labute approximate surface area is 346 Å². The third kappa shape index (κ3) is 11.2. The Morgan fingerprint density at radius 1 is 0.797 bits per heavy atom. The summed E-state index contributed by atoms with van der Waals surface area (Å²) < 4.78 is 67.0. The number of rotatable bonds is 20. The van der Waals surface area contributed by atoms with Crippen LogP contribution in [-0.2, 0) is 35.9 Å². The van der Waals surface area contributed by atoms with Crippen molar-refractivity contribution in [1.82, 2.24) is 16.0 Å². The van der Waals surface area contributed by atoms with E-state index in [4.69, 9.17) is 5.11 Å². The molecule has 3 amide bonds. The summed E-state index contributed by atoms with van der Waals surface area (Å²) in [6.45, 7) is 12.5. The van der Waals surface area contributed by atoms with Crippen LogP contribution in [0.4, 0.5) is 11.4 Å². The van der Waals surface area contributed by atoms with Crippen LogP contribution in [0.5, 0.6) is 0 Å². The highest BCUT2D eigenvalue weighted by Gasteiger charge is 2.47. The van der Waals surface area contributed by atoms with Gasteiger partial charge in [0.2, 0.25) is 5.69 Å². The van der Waals surface area contributed by atoms with Crippen LogP contribution >= 0.6 is 0 Å². The number of carbonyl (C=O) groups is 4. The molecule has 0 spiro atoms. The molecular weight excluding hydrogens is 803 g/mol. The van der Waals surface area contributed by atoms with Crippen molar-refractivity contribution in [3.63, 3.8) is 0 Å². The second kappa shape index (κ2) is 19.0. The fourth-order valence-corrected chi connectivity index (χ4v) is 8.68. The number of allylic oxidation sites excluding steroid dienone is 4. The molecule has 0 radical (unpaired) electrons. The van der Waals surface area contributed by atoms with Gasteiger partial charge in [0, 0.05) is 84.7 Å². The number of hydrogen-bond acceptors (Lipinski definition) is 9. The Bertz CT molecular complexity index is 2300. The maximum atomic E-state index is 13.8. The standard InChI is InChI=1S/C41H55N5O11S2/c1-7-9-21-46-31-26-27(37(49)42-8-2)25-29(39(51)44-20-24-59(55,56)57)36(31)41(5,6)33(46)17-11-16-32-40(3,4)35-28(38(50)43-19-12-18-34(47)48)14-10-15-30(35)45(32)22-13-23-58(52,53)54/h10-11,14-17,25-26H,7-9,12-13,18-24H2,1-6H3,(H5-,42,43,44,47,48,49,50,51,52,53,54,55,56,57)/p+1. The molecule has 322 valence electrons. The highest BCUT2D eigenvalue weighted by molar-refractivity contribution is 7.86. The molecule has 2 aromatic carbocycles. The number of nitrogens with zero attached hydrogens (tertiary/aromatic N) is 2. The monoisotopic (exact) mass is 858 g/mol. The van der Waals surface area contributed by atoms with E-state index >= 15 is 0 Å². The highest BCUT2D eigenvalue weighted by Crippen LogP contribution is 2.50. The second-order valence-electron chi connectivity index (χ2n) is 15.6. The minimum Gasteiger partial charge on any atom is -0.481 e. The summed E-state index contributed by atoms with van der Waals surface area (Å²) in [6, 6.07) is 8.48. The summed E-state index contributed by atoms with van der Waals surface area (Å²) in [6.07, 6.45) is 7.48. The zero-order chi connectivity index (χ0) is 43.9. The average molecular weight is 859 g/mol. The van der Waals surface area contributed by atoms with E-state index in [1.807, 2.05) is 63.5 Å². The first kappa shape index (κ1) is 46.8. The molecule has 0 saturated heterocycles. The van der Waals surface area contributed by atoms with Crippen LogP contribution in [0.2, 0.25) is 0 Å². The molecule has 0 atom stereocenters. The van der Waals surface area contributed by atoms with E-state index in [1.54, 1.807) is 25.1 Å². The quantitative estimate of drug-likeness (QED) is 0.0620. The van der Waals surface area contributed by atoms with Gasteiger partial charge in [0.15, 0.2) is 5.71 Å². The number of carboxylic acid groups (broad SMARTS) is 1. The van der Waals surface area contributed by atoms with Gasteiger partial charge in [0.1, 0.15) is 6.54 Å². The van der Waals surface area contributed by atoms with Gasteiger partial charge in [-0.2, -0.15) is 21.4 Å². The van der Waals surface area contributed by atoms with Crippen molar-refractivity contribution >= 4 is 61.0 Å². The first-order valence-electron chi connectivity index (χ1n) is 19.6. The lowest BCUT2D eigenvalue weighted by molar-refractivity contribution is -0.437. The SMILES string of the molecule is CCCCN1C(=CC=CC2=[N+](CCCS(=O)(=O)O)c3cccc(C(=O)NCCCC(=O)O)c3C2(C)C)C(C)(C)c2c(C(=O)NCCS(=O)(=O)O)cc(C(=O)NCC)cc21. The van der Waals surface area contributed by atoms with Crippen molar-refractivity contribution in [2.24, 2.45) is 0 Å². The lowest BCUT2D eigenvalue weighted by Gasteiger charge is -2.27. The number of amides is 3. The molecule has 2 aliphatic rings. The van der Waals surface area contributed by atoms with Crippen LogP contribution in [-0.4, -0.2) is 109 Å². The van der Waals surface area contributed by atoms with Crippen molar-refractivity contribution in [2.75, 3.05) is 49.1 Å². The molecule has 16 nitrogen and oxygen atoms in total. The van der Waals surface area contributed by atoms with Gasteiger partial charge in [-0.1, -0.05) is 39.3 Å². The smallest absolute Gasteiger partial charge is 0.303 e. The summed E-state index contributed by atoms with van der Waals surface area (Å²) in [5, 5.41) is 17.2. The number of hydrogen-bond donors (Lipinski definition) is 6. The molecule has 2 aromatic rings. The van der Waals surface area contributed by atoms with Gasteiger partial charge in [-0.3, -0.25) is 28.3 Å². The van der Waals surface area contributed by atoms with Crippen LogP contribution in [0.3, 0.4) is 0 Å². The number of unbranched alkanes of at least 4 members (excludes halogenated alkanes) is 1. The third-order valence-electron chi connectivity index (χ3n) is 10.5. The maximum absolute atomic E-state index is 13.8. The number of nitrogens with one attached hydrogen (secondary N) is 3. The van der Waals surface area contributed by atoms with Gasteiger partial charge < -0.3 is 26.0 Å². The zero-order valence-electron chi connectivity index (χ0n) is 34.4. The molecular formula is C41H56N5O11S2+. The highest BCUT2D eigenvalue weighted by atomic mass is 32.2. The maximum Gasteiger partial charge on any atom is 0.303 e. The largest absolute Gasteiger partial charge is 0.481 e. The van der Waals surface area contributed by atoms with Crippen molar-refractivity contribution in [1.29, 1.82) is 0 Å². The lowest BCUT2D eigenvalue weighted by atomic mass is 9.78. The fraction of sp³-hybridized carbons (Fsp3) is 0.488. The molecule has 2 heterocycles. The van der Waals surface area contributed by atoms with Crippen molar-refractivity contribution < 1.29 is 54.8 Å². The van der Waals surface area contributed by atoms with E-state index in [9.17, 15) is 45.1 Å². The second-order valence-corrected chi connectivity index (χ2v) is 18.8. The molecule has 0 aromatic heterocycles. The molecule has 18 heteroatoms. The zero-order valence-corrected chi connectivity index (χ0v) is 36.1. The number of benzene rings is 2. The average Bonchev–Trinajstić information content (AvgIpc) is 3.49. The van der Waals surface area contributed by atoms with Gasteiger partial charge in [0.25, 0.3) is 38.0 Å². The molecule has 0 saturated carbocycles. The molecule has 2 aliphatic heterocycles. The van der Waals surface area contributed by atoms with Crippen LogP contribution in [0.15, 0.2) is 54.3 Å². The van der Waals surface area contributed by atoms with E-state index in [1.165, 1.54) is 6.07 Å². The van der Waals surface area contributed by atoms with Crippen LogP contribution in [0, 0.1) is 0 Å². The molecule has 0 bridgehead atoms. The fourth-order valence-electron chi connectivity index (χ4n) is 7.83. The van der Waals surface area contributed by atoms with Crippen LogP contribution in [0.25, 0.3) is 0 Å². The van der Waals surface area contributed by atoms with Gasteiger partial charge >= 0.3 is 5.97 Å². The molecule has 6 N–H and O–H groups in total. The summed E-state index contributed by atoms with van der Waals surface area (Å²) in [7, 11) is -8.61. The van der Waals surface area contributed by atoms with Crippen molar-refractivity contribution in [3.8, 4) is 0 Å². The van der Waals surface area contributed by atoms with E-state index in [-0.39, 0.29) is 55.9 Å². The topological polar surface area (TPSA) is 240 Å². The third-order valence-corrected chi connectivity index (χ3v) is 12.0. The Hall–Kier alpha value is -4.91. The lowest BCUT2D eigenvalue weighted by Crippen LogP contribution is -2.32. The predicted molar refractivity (Wildman–Crippen MR) is 225 cm³/mol. The molecule has 0 aliphatic carbocycles. The van der Waals surface area contributed by atoms with Crippen molar-refractivity contribution in [3.05, 3.63) is 82.1 Å². The normalized spacial score (nSPS) is 16.3. The van der Waals surface area contributed by atoms with Crippen LogP contribution in [0.1, 0.15) is 116 Å². The van der Waals surface area contributed by atoms with Gasteiger partial charge in [0.05, 0.1) is 28.0 Å². The Balaban J connectivity index is 1.85. The number of carboxylic acids is 1. The number of aliphatic carboxylic acids is 1. The molecule has 0 fully saturated rings. The van der Waals surface area contributed by atoms with Crippen LogP contribution < -0.4 is 20.9 Å². The summed E-state index contributed by atoms with van der Waals surface area (Å²) in [5.74, 6) is -3.53. The predicted octanol–water partition coefficient (Wildman–Crippen LogP) is 4.34. The summed E-state index contributed by atoms with van der Waals surface area (Å²) in [5.41, 5.74) is 3.32. The Morgan fingerprint density at radius 3 is 2.08 bits per heavy atom. The van der Waals surface area contributed by atoms with E-state index in [0.29, 0.717) is 41.2 Å². The Kier molecular flexibility index (Phi) is 15.1. The number of carbonyl (C=O) groups excluding carboxylic acids is 3. The summed E-state index contributed by atoms with van der Waals surface area (Å²) in [4.78, 5) is 53.6. The van der Waals surface area contributed by atoms with E-state index in [2.05, 4.69) is 20.9 Å². The van der Waals surface area contributed by atoms with E-state index in [0.717, 1.165) is 24.3 Å². The van der Waals surface area contributed by atoms with E-state index < -0.39 is 60.4 Å².